The van der Waals surface area contributed by atoms with Crippen molar-refractivity contribution in [3.8, 4) is 11.3 Å². The minimum absolute atomic E-state index is 0.300. The van der Waals surface area contributed by atoms with E-state index in [9.17, 15) is 9.18 Å². The number of nitrogens with one attached hydrogen (secondary N) is 1. The fourth-order valence-electron chi connectivity index (χ4n) is 1.32. The molecule has 0 saturated carbocycles. The van der Waals surface area contributed by atoms with Crippen molar-refractivity contribution in [2.45, 2.75) is 6.92 Å². The molecule has 15 heavy (non-hydrogen) atoms. The van der Waals surface area contributed by atoms with E-state index in [-0.39, 0.29) is 11.4 Å². The summed E-state index contributed by atoms with van der Waals surface area (Å²) < 4.78 is 13.5. The van der Waals surface area contributed by atoms with Crippen LogP contribution in [0, 0.1) is 12.7 Å². The summed E-state index contributed by atoms with van der Waals surface area (Å²) in [5.41, 5.74) is 1.36. The van der Waals surface area contributed by atoms with Crippen LogP contribution < -0.4 is 5.56 Å². The first-order valence-electron chi connectivity index (χ1n) is 4.49. The van der Waals surface area contributed by atoms with Crippen molar-refractivity contribution in [2.24, 2.45) is 0 Å². The van der Waals surface area contributed by atoms with Crippen molar-refractivity contribution in [1.82, 2.24) is 10.2 Å². The summed E-state index contributed by atoms with van der Waals surface area (Å²) in [6, 6.07) is 7.69. The van der Waals surface area contributed by atoms with Gasteiger partial charge in [0, 0.05) is 11.6 Å². The maximum absolute atomic E-state index is 13.5. The van der Waals surface area contributed by atoms with Crippen LogP contribution in [-0.4, -0.2) is 10.2 Å². The van der Waals surface area contributed by atoms with Gasteiger partial charge in [-0.1, -0.05) is 6.07 Å². The van der Waals surface area contributed by atoms with E-state index in [0.717, 1.165) is 5.56 Å². The lowest BCUT2D eigenvalue weighted by Gasteiger charge is -2.02. The van der Waals surface area contributed by atoms with Gasteiger partial charge in [-0.2, -0.15) is 5.10 Å². The fraction of sp³-hybridized carbons (Fsp3) is 0.0909. The van der Waals surface area contributed by atoms with Gasteiger partial charge in [-0.05, 0) is 30.7 Å². The summed E-state index contributed by atoms with van der Waals surface area (Å²) in [4.78, 5) is 10.8. The van der Waals surface area contributed by atoms with Crippen LogP contribution >= 0.6 is 0 Å². The Morgan fingerprint density at radius 1 is 1.27 bits per heavy atom. The van der Waals surface area contributed by atoms with Crippen molar-refractivity contribution in [3.63, 3.8) is 0 Å². The summed E-state index contributed by atoms with van der Waals surface area (Å²) in [6.45, 7) is 1.81. The Bertz CT molecular complexity index is 528. The summed E-state index contributed by atoms with van der Waals surface area (Å²) in [5, 5.41) is 6.03. The zero-order chi connectivity index (χ0) is 10.8. The highest BCUT2D eigenvalue weighted by atomic mass is 19.1. The van der Waals surface area contributed by atoms with Crippen LogP contribution in [0.3, 0.4) is 0 Å². The van der Waals surface area contributed by atoms with Crippen LogP contribution in [0.2, 0.25) is 0 Å². The average molecular weight is 204 g/mol. The maximum atomic E-state index is 13.5. The Kier molecular flexibility index (Phi) is 2.33. The normalized spacial score (nSPS) is 10.3. The van der Waals surface area contributed by atoms with Crippen molar-refractivity contribution in [2.75, 3.05) is 0 Å². The second-order valence-corrected chi connectivity index (χ2v) is 3.29. The van der Waals surface area contributed by atoms with Gasteiger partial charge in [0.1, 0.15) is 5.82 Å². The van der Waals surface area contributed by atoms with Gasteiger partial charge in [0.05, 0.1) is 5.69 Å². The first-order chi connectivity index (χ1) is 7.16. The lowest BCUT2D eigenvalue weighted by molar-refractivity contribution is 0.629. The van der Waals surface area contributed by atoms with Crippen molar-refractivity contribution >= 4 is 0 Å². The molecular formula is C11H9FN2O. The van der Waals surface area contributed by atoms with Gasteiger partial charge < -0.3 is 0 Å². The lowest BCUT2D eigenvalue weighted by Crippen LogP contribution is -2.06. The van der Waals surface area contributed by atoms with E-state index in [4.69, 9.17) is 0 Å². The Morgan fingerprint density at radius 3 is 2.67 bits per heavy atom. The first kappa shape index (κ1) is 9.58. The number of H-pyrrole nitrogens is 1. The Hall–Kier alpha value is -1.97. The predicted molar refractivity (Wildman–Crippen MR) is 55.0 cm³/mol. The zero-order valence-electron chi connectivity index (χ0n) is 8.12. The molecule has 0 spiro atoms. The summed E-state index contributed by atoms with van der Waals surface area (Å²) >= 11 is 0. The van der Waals surface area contributed by atoms with Crippen LogP contribution in [0.5, 0.6) is 0 Å². The molecule has 1 heterocycles. The number of aromatic nitrogens is 2. The van der Waals surface area contributed by atoms with E-state index < -0.39 is 0 Å². The number of rotatable bonds is 1. The molecule has 0 aliphatic heterocycles. The smallest absolute Gasteiger partial charge is 0.264 e. The van der Waals surface area contributed by atoms with Gasteiger partial charge in [-0.3, -0.25) is 4.79 Å². The molecule has 0 aliphatic rings. The quantitative estimate of drug-likeness (QED) is 0.770. The molecule has 4 heteroatoms. The number of nitrogens with zero attached hydrogens (tertiary/aromatic N) is 1. The number of halogens is 1. The van der Waals surface area contributed by atoms with Gasteiger partial charge >= 0.3 is 0 Å². The van der Waals surface area contributed by atoms with E-state index in [1.54, 1.807) is 12.1 Å². The van der Waals surface area contributed by atoms with Crippen molar-refractivity contribution in [1.29, 1.82) is 0 Å². The molecule has 0 saturated heterocycles. The first-order valence-corrected chi connectivity index (χ1v) is 4.49. The SMILES string of the molecule is Cc1ccc(-c2ccc(=O)[nH]n2)c(F)c1. The summed E-state index contributed by atoms with van der Waals surface area (Å²) in [6.07, 6.45) is 0. The number of hydrogen-bond donors (Lipinski definition) is 1. The minimum Gasteiger partial charge on any atom is -0.268 e. The van der Waals surface area contributed by atoms with Crippen molar-refractivity contribution in [3.05, 3.63) is 52.1 Å². The molecule has 0 fully saturated rings. The number of hydrogen-bond acceptors (Lipinski definition) is 2. The highest BCUT2D eigenvalue weighted by Gasteiger charge is 2.05. The molecule has 0 amide bonds. The second kappa shape index (κ2) is 3.65. The topological polar surface area (TPSA) is 45.8 Å². The number of aryl methyl sites for hydroxylation is 1. The molecule has 2 aromatic rings. The summed E-state index contributed by atoms with van der Waals surface area (Å²) in [7, 11) is 0. The van der Waals surface area contributed by atoms with E-state index in [1.807, 2.05) is 6.92 Å². The molecular weight excluding hydrogens is 195 g/mol. The highest BCUT2D eigenvalue weighted by Crippen LogP contribution is 2.20. The van der Waals surface area contributed by atoms with Crippen LogP contribution in [0.15, 0.2) is 35.1 Å². The predicted octanol–water partition coefficient (Wildman–Crippen LogP) is 1.88. The molecule has 1 aromatic heterocycles. The molecule has 1 N–H and O–H groups in total. The fourth-order valence-corrected chi connectivity index (χ4v) is 1.32. The van der Waals surface area contributed by atoms with Crippen LogP contribution in [0.4, 0.5) is 4.39 Å². The largest absolute Gasteiger partial charge is 0.268 e. The Balaban J connectivity index is 2.54. The van der Waals surface area contributed by atoms with Crippen LogP contribution in [-0.2, 0) is 0 Å². The van der Waals surface area contributed by atoms with E-state index >= 15 is 0 Å². The number of benzene rings is 1. The second-order valence-electron chi connectivity index (χ2n) is 3.29. The molecule has 0 atom stereocenters. The molecule has 1 aromatic carbocycles. The van der Waals surface area contributed by atoms with Crippen LogP contribution in [0.25, 0.3) is 11.3 Å². The molecule has 0 radical (unpaired) electrons. The third kappa shape index (κ3) is 1.93. The summed E-state index contributed by atoms with van der Waals surface area (Å²) in [5.74, 6) is -0.338. The minimum atomic E-state index is -0.338. The molecule has 3 nitrogen and oxygen atoms in total. The monoisotopic (exact) mass is 204 g/mol. The molecule has 0 aliphatic carbocycles. The highest BCUT2D eigenvalue weighted by molar-refractivity contribution is 5.59. The van der Waals surface area contributed by atoms with E-state index in [1.165, 1.54) is 18.2 Å². The van der Waals surface area contributed by atoms with Gasteiger partial charge in [0.25, 0.3) is 5.56 Å². The van der Waals surface area contributed by atoms with Gasteiger partial charge in [-0.25, -0.2) is 9.49 Å². The standard InChI is InChI=1S/C11H9FN2O/c1-7-2-3-8(9(12)6-7)10-4-5-11(15)14-13-10/h2-6H,1H3,(H,14,15). The number of aromatic amines is 1. The Morgan fingerprint density at radius 2 is 2.07 bits per heavy atom. The van der Waals surface area contributed by atoms with Gasteiger partial charge in [-0.15, -0.1) is 0 Å². The molecule has 2 rings (SSSR count). The van der Waals surface area contributed by atoms with Gasteiger partial charge in [0.15, 0.2) is 0 Å². The maximum Gasteiger partial charge on any atom is 0.264 e. The van der Waals surface area contributed by atoms with Crippen LogP contribution in [0.1, 0.15) is 5.56 Å². The van der Waals surface area contributed by atoms with Gasteiger partial charge in [0.2, 0.25) is 0 Å². The molecule has 76 valence electrons. The van der Waals surface area contributed by atoms with E-state index in [0.29, 0.717) is 11.3 Å². The zero-order valence-corrected chi connectivity index (χ0v) is 8.12. The third-order valence-corrected chi connectivity index (χ3v) is 2.08. The average Bonchev–Trinajstić information content (AvgIpc) is 2.20. The molecule has 0 unspecified atom stereocenters. The molecule has 0 bridgehead atoms. The third-order valence-electron chi connectivity index (χ3n) is 2.08. The van der Waals surface area contributed by atoms with Crippen molar-refractivity contribution < 1.29 is 4.39 Å². The van der Waals surface area contributed by atoms with E-state index in [2.05, 4.69) is 10.2 Å². The Labute approximate surface area is 85.6 Å². The lowest BCUT2D eigenvalue weighted by atomic mass is 10.1.